The van der Waals surface area contributed by atoms with Gasteiger partial charge in [-0.15, -0.1) is 0 Å². The zero-order valence-corrected chi connectivity index (χ0v) is 12.9. The third kappa shape index (κ3) is 3.14. The first kappa shape index (κ1) is 15.0. The van der Waals surface area contributed by atoms with Crippen LogP contribution in [0.5, 0.6) is 0 Å². The Morgan fingerprint density at radius 2 is 1.91 bits per heavy atom. The maximum Gasteiger partial charge on any atom is 0.268 e. The maximum atomic E-state index is 12.5. The molecule has 22 heavy (non-hydrogen) atoms. The summed E-state index contributed by atoms with van der Waals surface area (Å²) < 4.78 is 6.61. The Kier molecular flexibility index (Phi) is 4.42. The Labute approximate surface area is 129 Å². The third-order valence-corrected chi connectivity index (χ3v) is 4.49. The second-order valence-electron chi connectivity index (χ2n) is 5.87. The first-order chi connectivity index (χ1) is 10.6. The Morgan fingerprint density at radius 3 is 2.55 bits per heavy atom. The molecule has 0 aliphatic carbocycles. The number of hydrogen-bond donors (Lipinski definition) is 0. The molecule has 1 aromatic heterocycles. The quantitative estimate of drug-likeness (QED) is 0.760. The second kappa shape index (κ2) is 6.48. The van der Waals surface area contributed by atoms with Crippen molar-refractivity contribution in [3.63, 3.8) is 0 Å². The molecule has 0 unspecified atom stereocenters. The largest absolute Gasteiger partial charge is 0.378 e. The number of carbonyl (C=O) groups is 1. The molecule has 1 aromatic rings. The number of piperidine rings is 1. The fraction of sp³-hybridized carbons (Fsp3) is 0.667. The van der Waals surface area contributed by atoms with Gasteiger partial charge in [-0.3, -0.25) is 9.59 Å². The molecule has 1 amide bonds. The molecule has 0 spiro atoms. The monoisotopic (exact) mass is 306 g/mol. The molecule has 0 aromatic carbocycles. The van der Waals surface area contributed by atoms with E-state index < -0.39 is 0 Å². The molecule has 2 aliphatic heterocycles. The Morgan fingerprint density at radius 1 is 1.23 bits per heavy atom. The van der Waals surface area contributed by atoms with Crippen LogP contribution in [-0.2, 0) is 16.6 Å². The van der Waals surface area contributed by atoms with Crippen LogP contribution in [0.15, 0.2) is 17.1 Å². The molecule has 120 valence electrons. The Bertz CT molecular complexity index is 587. The SMILES string of the molecule is Cn1ncc(N2CCC(C(=O)N3CCOCC3)CC2)cc1=O. The highest BCUT2D eigenvalue weighted by Gasteiger charge is 2.29. The molecule has 2 fully saturated rings. The van der Waals surface area contributed by atoms with Gasteiger partial charge in [0, 0.05) is 45.2 Å². The molecule has 0 radical (unpaired) electrons. The van der Waals surface area contributed by atoms with Gasteiger partial charge in [0.2, 0.25) is 5.91 Å². The molecule has 0 bridgehead atoms. The maximum absolute atomic E-state index is 12.5. The van der Waals surface area contributed by atoms with Gasteiger partial charge < -0.3 is 14.5 Å². The summed E-state index contributed by atoms with van der Waals surface area (Å²) in [5.41, 5.74) is 0.740. The average molecular weight is 306 g/mol. The lowest BCUT2D eigenvalue weighted by atomic mass is 9.95. The number of amides is 1. The van der Waals surface area contributed by atoms with Crippen molar-refractivity contribution in [1.29, 1.82) is 0 Å². The van der Waals surface area contributed by atoms with E-state index in [-0.39, 0.29) is 17.4 Å². The van der Waals surface area contributed by atoms with Gasteiger partial charge in [0.05, 0.1) is 25.1 Å². The first-order valence-electron chi connectivity index (χ1n) is 7.80. The minimum Gasteiger partial charge on any atom is -0.378 e. The fourth-order valence-corrected chi connectivity index (χ4v) is 3.06. The van der Waals surface area contributed by atoms with E-state index in [1.54, 1.807) is 19.3 Å². The van der Waals surface area contributed by atoms with Crippen LogP contribution in [-0.4, -0.2) is 60.0 Å². The van der Waals surface area contributed by atoms with E-state index in [0.29, 0.717) is 26.3 Å². The summed E-state index contributed by atoms with van der Waals surface area (Å²) in [6.07, 6.45) is 3.36. The van der Waals surface area contributed by atoms with Crippen molar-refractivity contribution in [2.45, 2.75) is 12.8 Å². The lowest BCUT2D eigenvalue weighted by Gasteiger charge is -2.36. The molecule has 0 saturated carbocycles. The summed E-state index contributed by atoms with van der Waals surface area (Å²) in [6.45, 7) is 4.27. The first-order valence-corrected chi connectivity index (χ1v) is 7.80. The lowest BCUT2D eigenvalue weighted by Crippen LogP contribution is -2.47. The molecular weight excluding hydrogens is 284 g/mol. The zero-order chi connectivity index (χ0) is 15.5. The van der Waals surface area contributed by atoms with E-state index >= 15 is 0 Å². The number of nitrogens with zero attached hydrogens (tertiary/aromatic N) is 4. The van der Waals surface area contributed by atoms with Crippen molar-refractivity contribution >= 4 is 11.6 Å². The van der Waals surface area contributed by atoms with Crippen LogP contribution >= 0.6 is 0 Å². The van der Waals surface area contributed by atoms with Crippen molar-refractivity contribution in [3.8, 4) is 0 Å². The van der Waals surface area contributed by atoms with Gasteiger partial charge in [0.25, 0.3) is 5.56 Å². The number of ether oxygens (including phenoxy) is 1. The topological polar surface area (TPSA) is 67.7 Å². The minimum atomic E-state index is -0.107. The van der Waals surface area contributed by atoms with E-state index in [0.717, 1.165) is 31.6 Å². The number of carbonyl (C=O) groups excluding carboxylic acids is 1. The van der Waals surface area contributed by atoms with Gasteiger partial charge in [0.1, 0.15) is 0 Å². The molecule has 3 rings (SSSR count). The highest BCUT2D eigenvalue weighted by atomic mass is 16.5. The predicted octanol–water partition coefficient (Wildman–Crippen LogP) is -0.144. The van der Waals surface area contributed by atoms with Crippen molar-refractivity contribution < 1.29 is 9.53 Å². The van der Waals surface area contributed by atoms with Gasteiger partial charge in [-0.1, -0.05) is 0 Å². The van der Waals surface area contributed by atoms with Gasteiger partial charge in [0.15, 0.2) is 0 Å². The second-order valence-corrected chi connectivity index (χ2v) is 5.87. The van der Waals surface area contributed by atoms with Crippen LogP contribution in [0.25, 0.3) is 0 Å². The summed E-state index contributed by atoms with van der Waals surface area (Å²) in [5, 5.41) is 4.05. The molecule has 7 nitrogen and oxygen atoms in total. The number of morpholine rings is 1. The van der Waals surface area contributed by atoms with Crippen molar-refractivity contribution in [1.82, 2.24) is 14.7 Å². The van der Waals surface area contributed by atoms with Crippen molar-refractivity contribution in [2.24, 2.45) is 13.0 Å². The molecule has 3 heterocycles. The van der Waals surface area contributed by atoms with Gasteiger partial charge in [-0.05, 0) is 12.8 Å². The Balaban J connectivity index is 1.58. The number of aryl methyl sites for hydroxylation is 1. The summed E-state index contributed by atoms with van der Waals surface area (Å²) in [6, 6.07) is 1.61. The van der Waals surface area contributed by atoms with Crippen LogP contribution in [0.1, 0.15) is 12.8 Å². The number of aromatic nitrogens is 2. The summed E-state index contributed by atoms with van der Waals surface area (Å²) in [4.78, 5) is 28.2. The molecule has 7 heteroatoms. The predicted molar refractivity (Wildman–Crippen MR) is 81.8 cm³/mol. The number of hydrogen-bond acceptors (Lipinski definition) is 5. The summed E-state index contributed by atoms with van der Waals surface area (Å²) >= 11 is 0. The van der Waals surface area contributed by atoms with Gasteiger partial charge in [-0.25, -0.2) is 4.68 Å². The number of anilines is 1. The molecule has 2 saturated heterocycles. The van der Waals surface area contributed by atoms with Crippen molar-refractivity contribution in [2.75, 3.05) is 44.3 Å². The van der Waals surface area contributed by atoms with E-state index in [9.17, 15) is 9.59 Å². The Hall–Kier alpha value is -1.89. The van der Waals surface area contributed by atoms with E-state index in [1.165, 1.54) is 4.68 Å². The normalized spacial score (nSPS) is 20.2. The third-order valence-electron chi connectivity index (χ3n) is 4.49. The molecular formula is C15H22N4O3. The minimum absolute atomic E-state index is 0.0915. The smallest absolute Gasteiger partial charge is 0.268 e. The molecule has 0 N–H and O–H groups in total. The molecule has 2 aliphatic rings. The average Bonchev–Trinajstić information content (AvgIpc) is 2.58. The van der Waals surface area contributed by atoms with Gasteiger partial charge in [-0.2, -0.15) is 5.10 Å². The van der Waals surface area contributed by atoms with Crippen LogP contribution in [0.4, 0.5) is 5.69 Å². The van der Waals surface area contributed by atoms with Crippen LogP contribution in [0.3, 0.4) is 0 Å². The van der Waals surface area contributed by atoms with E-state index in [4.69, 9.17) is 4.74 Å². The zero-order valence-electron chi connectivity index (χ0n) is 12.9. The van der Waals surface area contributed by atoms with Crippen LogP contribution in [0.2, 0.25) is 0 Å². The fourth-order valence-electron chi connectivity index (χ4n) is 3.06. The van der Waals surface area contributed by atoms with Crippen molar-refractivity contribution in [3.05, 3.63) is 22.6 Å². The van der Waals surface area contributed by atoms with Crippen LogP contribution < -0.4 is 10.5 Å². The standard InChI is InChI=1S/C15H22N4O3/c1-17-14(20)10-13(11-16-17)18-4-2-12(3-5-18)15(21)19-6-8-22-9-7-19/h10-12H,2-9H2,1H3. The van der Waals surface area contributed by atoms with Gasteiger partial charge >= 0.3 is 0 Å². The van der Waals surface area contributed by atoms with E-state index in [1.807, 2.05) is 4.90 Å². The summed E-state index contributed by atoms with van der Waals surface area (Å²) in [7, 11) is 1.64. The van der Waals surface area contributed by atoms with Crippen LogP contribution in [0, 0.1) is 5.92 Å². The summed E-state index contributed by atoms with van der Waals surface area (Å²) in [5.74, 6) is 0.346. The molecule has 0 atom stereocenters. The highest BCUT2D eigenvalue weighted by molar-refractivity contribution is 5.79. The van der Waals surface area contributed by atoms with E-state index in [2.05, 4.69) is 10.00 Å². The lowest BCUT2D eigenvalue weighted by molar-refractivity contribution is -0.140. The number of rotatable bonds is 2. The highest BCUT2D eigenvalue weighted by Crippen LogP contribution is 2.23.